The SMILES string of the molecule is Cc1noc([C@@H]2CC[C@H](CNS(=O)(=O)C[C@H]3CCCCO3)O2)n1. The summed E-state index contributed by atoms with van der Waals surface area (Å²) in [5.41, 5.74) is 0. The molecule has 2 fully saturated rings. The fourth-order valence-corrected chi connectivity index (χ4v) is 4.25. The first kappa shape index (κ1) is 16.8. The Balaban J connectivity index is 1.45. The van der Waals surface area contributed by atoms with E-state index in [2.05, 4.69) is 14.9 Å². The number of sulfonamides is 1. The highest BCUT2D eigenvalue weighted by Crippen LogP contribution is 2.31. The van der Waals surface area contributed by atoms with Crippen molar-refractivity contribution in [3.8, 4) is 0 Å². The van der Waals surface area contributed by atoms with E-state index < -0.39 is 10.0 Å². The van der Waals surface area contributed by atoms with Crippen LogP contribution in [0.15, 0.2) is 4.52 Å². The minimum Gasteiger partial charge on any atom is -0.377 e. The molecule has 3 rings (SSSR count). The fourth-order valence-electron chi connectivity index (χ4n) is 2.94. The van der Waals surface area contributed by atoms with Crippen LogP contribution in [-0.2, 0) is 19.5 Å². The van der Waals surface area contributed by atoms with Gasteiger partial charge in [0, 0.05) is 13.2 Å². The molecule has 0 aromatic carbocycles. The quantitative estimate of drug-likeness (QED) is 0.823. The molecule has 130 valence electrons. The number of hydrogen-bond acceptors (Lipinski definition) is 7. The molecule has 0 radical (unpaired) electrons. The van der Waals surface area contributed by atoms with Crippen molar-refractivity contribution in [2.45, 2.75) is 57.3 Å². The van der Waals surface area contributed by atoms with E-state index in [4.69, 9.17) is 14.0 Å². The van der Waals surface area contributed by atoms with Crippen molar-refractivity contribution < 1.29 is 22.4 Å². The predicted octanol–water partition coefficient (Wildman–Crippen LogP) is 1.09. The molecule has 3 heterocycles. The van der Waals surface area contributed by atoms with Gasteiger partial charge < -0.3 is 14.0 Å². The Morgan fingerprint density at radius 3 is 2.78 bits per heavy atom. The third-order valence-corrected chi connectivity index (χ3v) is 5.55. The average molecular weight is 345 g/mol. The molecule has 2 saturated heterocycles. The number of nitrogens with one attached hydrogen (secondary N) is 1. The maximum absolute atomic E-state index is 12.1. The number of rotatable bonds is 6. The van der Waals surface area contributed by atoms with E-state index in [9.17, 15) is 8.42 Å². The van der Waals surface area contributed by atoms with E-state index in [-0.39, 0.29) is 30.6 Å². The van der Waals surface area contributed by atoms with E-state index in [1.165, 1.54) is 0 Å². The van der Waals surface area contributed by atoms with Crippen LogP contribution in [0.2, 0.25) is 0 Å². The lowest BCUT2D eigenvalue weighted by molar-refractivity contribution is 0.0271. The average Bonchev–Trinajstić information content (AvgIpc) is 3.14. The summed E-state index contributed by atoms with van der Waals surface area (Å²) in [6.07, 6.45) is 3.74. The molecule has 1 aromatic rings. The Bertz CT molecular complexity index is 612. The molecule has 2 aliphatic rings. The number of aryl methyl sites for hydroxylation is 1. The van der Waals surface area contributed by atoms with E-state index in [0.717, 1.165) is 32.1 Å². The molecule has 0 aliphatic carbocycles. The molecule has 0 amide bonds. The zero-order valence-electron chi connectivity index (χ0n) is 13.2. The van der Waals surface area contributed by atoms with Gasteiger partial charge in [-0.1, -0.05) is 5.16 Å². The standard InChI is InChI=1S/C14H23N3O5S/c1-10-16-14(22-17-10)13-6-5-11(21-13)8-15-23(18,19)9-12-4-2-3-7-20-12/h11-13,15H,2-9H2,1H3/t11-,12-,13+/m1/s1. The summed E-state index contributed by atoms with van der Waals surface area (Å²) >= 11 is 0. The lowest BCUT2D eigenvalue weighted by Crippen LogP contribution is -2.38. The molecule has 9 heteroatoms. The number of aromatic nitrogens is 2. The Labute approximate surface area is 136 Å². The summed E-state index contributed by atoms with van der Waals surface area (Å²) < 4.78 is 43.2. The minimum absolute atomic E-state index is 0.0198. The summed E-state index contributed by atoms with van der Waals surface area (Å²) in [7, 11) is -3.35. The maximum Gasteiger partial charge on any atom is 0.255 e. The highest BCUT2D eigenvalue weighted by atomic mass is 32.2. The van der Waals surface area contributed by atoms with Crippen molar-refractivity contribution in [1.29, 1.82) is 0 Å². The van der Waals surface area contributed by atoms with Crippen molar-refractivity contribution in [2.24, 2.45) is 0 Å². The van der Waals surface area contributed by atoms with Gasteiger partial charge in [-0.2, -0.15) is 4.98 Å². The second-order valence-corrected chi connectivity index (χ2v) is 7.97. The van der Waals surface area contributed by atoms with Gasteiger partial charge >= 0.3 is 0 Å². The van der Waals surface area contributed by atoms with Gasteiger partial charge in [-0.15, -0.1) is 0 Å². The van der Waals surface area contributed by atoms with Crippen LogP contribution in [0, 0.1) is 6.92 Å². The van der Waals surface area contributed by atoms with Crippen LogP contribution in [-0.4, -0.2) is 49.7 Å². The molecule has 0 saturated carbocycles. The van der Waals surface area contributed by atoms with Gasteiger partial charge in [0.1, 0.15) is 6.10 Å². The number of ether oxygens (including phenoxy) is 2. The van der Waals surface area contributed by atoms with Crippen LogP contribution in [0.5, 0.6) is 0 Å². The lowest BCUT2D eigenvalue weighted by Gasteiger charge is -2.22. The van der Waals surface area contributed by atoms with Crippen LogP contribution in [0.3, 0.4) is 0 Å². The Hall–Kier alpha value is -1.03. The Kier molecular flexibility index (Phi) is 5.30. The zero-order chi connectivity index (χ0) is 16.3. The second-order valence-electron chi connectivity index (χ2n) is 6.12. The fraction of sp³-hybridized carbons (Fsp3) is 0.857. The van der Waals surface area contributed by atoms with E-state index in [1.807, 2.05) is 0 Å². The summed E-state index contributed by atoms with van der Waals surface area (Å²) in [5.74, 6) is 1.05. The second kappa shape index (κ2) is 7.25. The third kappa shape index (κ3) is 4.72. The molecule has 0 unspecified atom stereocenters. The summed E-state index contributed by atoms with van der Waals surface area (Å²) in [5, 5.41) is 3.74. The Morgan fingerprint density at radius 2 is 2.09 bits per heavy atom. The van der Waals surface area contributed by atoms with Gasteiger partial charge in [0.25, 0.3) is 5.89 Å². The molecule has 2 aliphatic heterocycles. The topological polar surface area (TPSA) is 104 Å². The van der Waals surface area contributed by atoms with Crippen LogP contribution >= 0.6 is 0 Å². The Morgan fingerprint density at radius 1 is 1.22 bits per heavy atom. The molecule has 1 aromatic heterocycles. The molecule has 1 N–H and O–H groups in total. The van der Waals surface area contributed by atoms with Crippen molar-refractivity contribution in [3.05, 3.63) is 11.7 Å². The number of nitrogens with zero attached hydrogens (tertiary/aromatic N) is 2. The van der Waals surface area contributed by atoms with Crippen molar-refractivity contribution >= 4 is 10.0 Å². The van der Waals surface area contributed by atoms with Crippen molar-refractivity contribution in [1.82, 2.24) is 14.9 Å². The smallest absolute Gasteiger partial charge is 0.255 e. The van der Waals surface area contributed by atoms with Crippen molar-refractivity contribution in [2.75, 3.05) is 18.9 Å². The summed E-state index contributed by atoms with van der Waals surface area (Å²) in [6, 6.07) is 0. The lowest BCUT2D eigenvalue weighted by atomic mass is 10.1. The maximum atomic E-state index is 12.1. The monoisotopic (exact) mass is 345 g/mol. The first-order chi connectivity index (χ1) is 11.0. The van der Waals surface area contributed by atoms with Gasteiger partial charge in [-0.25, -0.2) is 13.1 Å². The third-order valence-electron chi connectivity index (χ3n) is 4.14. The normalized spacial score (nSPS) is 29.0. The van der Waals surface area contributed by atoms with Gasteiger partial charge in [0.2, 0.25) is 10.0 Å². The molecule has 0 spiro atoms. The predicted molar refractivity (Wildman–Crippen MR) is 81.3 cm³/mol. The van der Waals surface area contributed by atoms with Crippen LogP contribution in [0.4, 0.5) is 0 Å². The largest absolute Gasteiger partial charge is 0.377 e. The first-order valence-electron chi connectivity index (χ1n) is 8.06. The molecule has 8 nitrogen and oxygen atoms in total. The summed E-state index contributed by atoms with van der Waals surface area (Å²) in [6.45, 7) is 2.66. The highest BCUT2D eigenvalue weighted by Gasteiger charge is 2.31. The van der Waals surface area contributed by atoms with Crippen LogP contribution in [0.1, 0.15) is 49.9 Å². The van der Waals surface area contributed by atoms with E-state index in [1.54, 1.807) is 6.92 Å². The van der Waals surface area contributed by atoms with Gasteiger partial charge in [0.05, 0.1) is 18.0 Å². The van der Waals surface area contributed by atoms with E-state index >= 15 is 0 Å². The molecule has 0 bridgehead atoms. The van der Waals surface area contributed by atoms with E-state index in [0.29, 0.717) is 18.3 Å². The first-order valence-corrected chi connectivity index (χ1v) is 9.72. The van der Waals surface area contributed by atoms with Crippen LogP contribution < -0.4 is 4.72 Å². The molecule has 3 atom stereocenters. The molecular weight excluding hydrogens is 322 g/mol. The van der Waals surface area contributed by atoms with Crippen LogP contribution in [0.25, 0.3) is 0 Å². The van der Waals surface area contributed by atoms with Gasteiger partial charge in [-0.05, 0) is 39.0 Å². The zero-order valence-corrected chi connectivity index (χ0v) is 14.0. The summed E-state index contributed by atoms with van der Waals surface area (Å²) in [4.78, 5) is 4.16. The number of hydrogen-bond donors (Lipinski definition) is 1. The minimum atomic E-state index is -3.35. The highest BCUT2D eigenvalue weighted by molar-refractivity contribution is 7.89. The van der Waals surface area contributed by atoms with Gasteiger partial charge in [0.15, 0.2) is 5.82 Å². The molecule has 23 heavy (non-hydrogen) atoms. The van der Waals surface area contributed by atoms with Crippen molar-refractivity contribution in [3.63, 3.8) is 0 Å². The molecular formula is C14H23N3O5S. The van der Waals surface area contributed by atoms with Gasteiger partial charge in [-0.3, -0.25) is 0 Å².